The second-order valence-corrected chi connectivity index (χ2v) is 24.2. The van der Waals surface area contributed by atoms with E-state index in [-0.39, 0.29) is 17.2 Å². The van der Waals surface area contributed by atoms with Gasteiger partial charge >= 0.3 is 5.69 Å². The van der Waals surface area contributed by atoms with E-state index >= 15 is 0 Å². The molecule has 12 heteroatoms. The monoisotopic (exact) mass is 496 g/mol. The van der Waals surface area contributed by atoms with Crippen LogP contribution in [0.5, 0.6) is 0 Å². The van der Waals surface area contributed by atoms with Crippen molar-refractivity contribution in [1.82, 2.24) is 9.55 Å². The summed E-state index contributed by atoms with van der Waals surface area (Å²) in [7, 11) is -2.05. The van der Waals surface area contributed by atoms with Crippen LogP contribution in [0.15, 0.2) is 21.9 Å². The normalized spacial score (nSPS) is 27.4. The Morgan fingerprint density at radius 1 is 1.34 bits per heavy atom. The van der Waals surface area contributed by atoms with Gasteiger partial charge in [-0.05, 0) is 29.9 Å². The third-order valence-electron chi connectivity index (χ3n) is 5.57. The number of aromatic nitrogens is 2. The van der Waals surface area contributed by atoms with Crippen LogP contribution in [-0.4, -0.2) is 48.2 Å². The number of nitrogens with zero attached hydrogens (tertiary/aromatic N) is 1. The number of H-pyrrole nitrogens is 1. The molecule has 0 aromatic carbocycles. The van der Waals surface area contributed by atoms with E-state index in [1.54, 1.807) is 22.8 Å². The van der Waals surface area contributed by atoms with Gasteiger partial charge < -0.3 is 13.7 Å². The lowest BCUT2D eigenvalue weighted by molar-refractivity contribution is -0.0366. The van der Waals surface area contributed by atoms with E-state index in [4.69, 9.17) is 25.5 Å². The molecule has 3 rings (SSSR count). The maximum Gasteiger partial charge on any atom is 0.330 e. The number of nitrogens with one attached hydrogen (secondary N) is 1. The van der Waals surface area contributed by atoms with E-state index < -0.39 is 30.5 Å². The second kappa shape index (κ2) is 8.94. The fourth-order valence-corrected chi connectivity index (χ4v) is 13.1. The van der Waals surface area contributed by atoms with E-state index in [1.165, 1.54) is 16.8 Å². The molecule has 1 unspecified atom stereocenters. The van der Waals surface area contributed by atoms with Crippen LogP contribution in [0.2, 0.25) is 18.1 Å². The average molecular weight is 497 g/mol. The molecule has 3 atom stereocenters. The Kier molecular flexibility index (Phi) is 7.33. The molecule has 2 aliphatic rings. The first kappa shape index (κ1) is 23.8. The topological polar surface area (TPSA) is 82.6 Å². The summed E-state index contributed by atoms with van der Waals surface area (Å²) in [6.07, 6.45) is 0.984. The van der Waals surface area contributed by atoms with Gasteiger partial charge in [-0.1, -0.05) is 43.5 Å². The predicted octanol–water partition coefficient (Wildman–Crippen LogP) is 3.94. The maximum absolute atomic E-state index is 12.2. The summed E-state index contributed by atoms with van der Waals surface area (Å²) in [4.78, 5) is 25.9. The molecule has 7 nitrogen and oxygen atoms in total. The highest BCUT2D eigenvalue weighted by atomic mass is 33.2. The number of ether oxygens (including phenoxy) is 1. The van der Waals surface area contributed by atoms with Crippen LogP contribution in [0, 0.1) is 0 Å². The summed E-state index contributed by atoms with van der Waals surface area (Å²) in [5, 5.41) is 0.0503. The third kappa shape index (κ3) is 5.68. The number of hydrogen-bond donors (Lipinski definition) is 1. The van der Waals surface area contributed by atoms with Gasteiger partial charge in [-0.2, -0.15) is 0 Å². The average Bonchev–Trinajstić information content (AvgIpc) is 3.19. The van der Waals surface area contributed by atoms with Crippen LogP contribution in [0.3, 0.4) is 0 Å². The Balaban J connectivity index is 1.80. The van der Waals surface area contributed by atoms with Crippen molar-refractivity contribution in [2.24, 2.45) is 0 Å². The van der Waals surface area contributed by atoms with Gasteiger partial charge in [0, 0.05) is 30.2 Å². The van der Waals surface area contributed by atoms with E-state index in [2.05, 4.69) is 38.8 Å². The number of hydrogen-bond acceptors (Lipinski definition) is 8. The van der Waals surface area contributed by atoms with Crippen molar-refractivity contribution in [3.05, 3.63) is 33.1 Å². The van der Waals surface area contributed by atoms with Gasteiger partial charge in [0.05, 0.1) is 12.7 Å². The Labute approximate surface area is 185 Å². The van der Waals surface area contributed by atoms with Gasteiger partial charge in [0.1, 0.15) is 12.3 Å². The number of rotatable bonds is 6. The molecule has 1 aromatic rings. The van der Waals surface area contributed by atoms with Gasteiger partial charge in [-0.3, -0.25) is 14.3 Å². The van der Waals surface area contributed by atoms with E-state index in [0.29, 0.717) is 13.0 Å². The fourth-order valence-electron chi connectivity index (χ4n) is 2.93. The first-order valence-corrected chi connectivity index (χ1v) is 18.4. The molecule has 164 valence electrons. The van der Waals surface area contributed by atoms with Crippen LogP contribution in [-0.2, 0) is 25.5 Å². The summed E-state index contributed by atoms with van der Waals surface area (Å²) in [6, 6.07) is 1.33. The molecule has 29 heavy (non-hydrogen) atoms. The van der Waals surface area contributed by atoms with Crippen molar-refractivity contribution in [3.63, 3.8) is 0 Å². The quantitative estimate of drug-likeness (QED) is 0.469. The molecule has 2 saturated heterocycles. The smallest absolute Gasteiger partial charge is 0.330 e. The molecule has 3 heterocycles. The molecule has 0 saturated carbocycles. The first-order chi connectivity index (χ1) is 13.4. The lowest BCUT2D eigenvalue weighted by Gasteiger charge is -2.39. The van der Waals surface area contributed by atoms with E-state index in [1.807, 2.05) is 0 Å². The fraction of sp³-hybridized carbons (Fsp3) is 0.765. The molecule has 0 spiro atoms. The van der Waals surface area contributed by atoms with Crippen LogP contribution in [0.1, 0.15) is 33.4 Å². The highest BCUT2D eigenvalue weighted by molar-refractivity contribution is 9.00. The van der Waals surface area contributed by atoms with Gasteiger partial charge in [-0.25, -0.2) is 4.79 Å². The zero-order valence-electron chi connectivity index (χ0n) is 17.4. The molecule has 0 radical (unpaired) electrons. The van der Waals surface area contributed by atoms with E-state index in [0.717, 1.165) is 11.5 Å². The largest absolute Gasteiger partial charge is 0.411 e. The highest BCUT2D eigenvalue weighted by Gasteiger charge is 2.45. The zero-order valence-corrected chi connectivity index (χ0v) is 21.7. The van der Waals surface area contributed by atoms with Crippen molar-refractivity contribution in [2.45, 2.75) is 63.8 Å². The first-order valence-electron chi connectivity index (χ1n) is 9.59. The molecule has 0 bridgehead atoms. The Hall–Kier alpha value is 0.127. The van der Waals surface area contributed by atoms with Crippen LogP contribution < -0.4 is 11.2 Å². The second-order valence-electron chi connectivity index (χ2n) is 8.71. The predicted molar refractivity (Wildman–Crippen MR) is 127 cm³/mol. The SMILES string of the molecule is CC(C)(C)[Si](C)(C)OC1C[C@H](n2ccc(=O)[nH]c2=O)O[C@@H]1COP1(=S)SCCS1. The van der Waals surface area contributed by atoms with Gasteiger partial charge in [0.15, 0.2) is 13.0 Å². The standard InChI is InChI=1S/C17H29N2O5PS3Si/c1-17(2,3)29(4,5)24-12-10-15(19-7-6-14(20)18-16(19)21)23-13(12)11-22-25(26)27-8-9-28-25/h6-7,12-13,15H,8-11H2,1-5H3,(H,18,20,21)/t12?,13-,15-/m1/s1. The molecule has 2 aliphatic heterocycles. The molecule has 2 fully saturated rings. The highest BCUT2D eigenvalue weighted by Crippen LogP contribution is 2.74. The minimum absolute atomic E-state index is 0.0503. The lowest BCUT2D eigenvalue weighted by Crippen LogP contribution is -2.46. The zero-order chi connectivity index (χ0) is 21.4. The summed E-state index contributed by atoms with van der Waals surface area (Å²) >= 11 is 9.16. The van der Waals surface area contributed by atoms with Crippen LogP contribution in [0.25, 0.3) is 0 Å². The Morgan fingerprint density at radius 3 is 2.59 bits per heavy atom. The molecule has 1 N–H and O–H groups in total. The van der Waals surface area contributed by atoms with Crippen molar-refractivity contribution < 1.29 is 13.7 Å². The molecule has 0 aliphatic carbocycles. The van der Waals surface area contributed by atoms with Crippen LogP contribution >= 0.6 is 27.4 Å². The molecule has 0 amide bonds. The van der Waals surface area contributed by atoms with Crippen molar-refractivity contribution >= 4 is 47.6 Å². The van der Waals surface area contributed by atoms with Crippen LogP contribution in [0.4, 0.5) is 0 Å². The van der Waals surface area contributed by atoms with Crippen molar-refractivity contribution in [1.29, 1.82) is 0 Å². The lowest BCUT2D eigenvalue weighted by atomic mass is 10.2. The molecule has 1 aromatic heterocycles. The summed E-state index contributed by atoms with van der Waals surface area (Å²) in [6.45, 7) is 11.3. The Bertz CT molecular complexity index is 890. The van der Waals surface area contributed by atoms with Crippen molar-refractivity contribution in [2.75, 3.05) is 18.1 Å². The summed E-state index contributed by atoms with van der Waals surface area (Å²) in [5.74, 6) is 2.04. The van der Waals surface area contributed by atoms with Gasteiger partial charge in [0.25, 0.3) is 5.56 Å². The minimum Gasteiger partial charge on any atom is -0.411 e. The minimum atomic E-state index is -2.05. The summed E-state index contributed by atoms with van der Waals surface area (Å²) < 4.78 is 18.5. The van der Waals surface area contributed by atoms with E-state index in [9.17, 15) is 9.59 Å². The van der Waals surface area contributed by atoms with Gasteiger partial charge in [0.2, 0.25) is 0 Å². The van der Waals surface area contributed by atoms with Gasteiger partial charge in [-0.15, -0.1) is 0 Å². The Morgan fingerprint density at radius 2 is 2.00 bits per heavy atom. The van der Waals surface area contributed by atoms with Crippen molar-refractivity contribution in [3.8, 4) is 0 Å². The maximum atomic E-state index is 12.2. The molecular weight excluding hydrogens is 467 g/mol. The third-order valence-corrected chi connectivity index (χ3v) is 19.9. The number of aromatic amines is 1. The molecular formula is C17H29N2O5PS3Si. The summed E-state index contributed by atoms with van der Waals surface area (Å²) in [5.41, 5.74) is -0.907.